The van der Waals surface area contributed by atoms with Crippen molar-refractivity contribution in [1.82, 2.24) is 0 Å². The van der Waals surface area contributed by atoms with E-state index in [-0.39, 0.29) is 11.2 Å². The van der Waals surface area contributed by atoms with Gasteiger partial charge in [0, 0.05) is 12.0 Å². The molecule has 16 heavy (non-hydrogen) atoms. The van der Waals surface area contributed by atoms with E-state index in [0.29, 0.717) is 6.42 Å². The number of carbonyl (C=O) groups is 1. The third-order valence-electron chi connectivity index (χ3n) is 3.00. The summed E-state index contributed by atoms with van der Waals surface area (Å²) >= 11 is 0. The number of rotatable bonds is 2. The van der Waals surface area contributed by atoms with Gasteiger partial charge in [-0.05, 0) is 36.0 Å². The zero-order valence-corrected chi connectivity index (χ0v) is 11.3. The molecule has 0 saturated carbocycles. The van der Waals surface area contributed by atoms with E-state index in [9.17, 15) is 4.79 Å². The SMILES string of the molecule is CCC(=O)c1c(C)cc(C(C)(C)C)cc1C. The molecule has 0 heterocycles. The first-order chi connectivity index (χ1) is 7.27. The molecular formula is C15H22O. The smallest absolute Gasteiger partial charge is 0.163 e. The van der Waals surface area contributed by atoms with Crippen molar-refractivity contribution < 1.29 is 4.79 Å². The number of hydrogen-bond acceptors (Lipinski definition) is 1. The van der Waals surface area contributed by atoms with Gasteiger partial charge in [-0.1, -0.05) is 39.8 Å². The molecule has 0 spiro atoms. The van der Waals surface area contributed by atoms with Crippen LogP contribution in [0.4, 0.5) is 0 Å². The van der Waals surface area contributed by atoms with Crippen molar-refractivity contribution in [3.05, 3.63) is 34.4 Å². The average Bonchev–Trinajstić information content (AvgIpc) is 2.14. The van der Waals surface area contributed by atoms with Gasteiger partial charge >= 0.3 is 0 Å². The minimum absolute atomic E-state index is 0.142. The number of ketones is 1. The Balaban J connectivity index is 3.34. The normalized spacial score (nSPS) is 11.6. The first-order valence-electron chi connectivity index (χ1n) is 5.92. The highest BCUT2D eigenvalue weighted by atomic mass is 16.1. The molecule has 0 N–H and O–H groups in total. The Morgan fingerprint density at radius 1 is 1.12 bits per heavy atom. The van der Waals surface area contributed by atoms with Crippen molar-refractivity contribution in [3.8, 4) is 0 Å². The van der Waals surface area contributed by atoms with Crippen LogP contribution < -0.4 is 0 Å². The molecule has 0 aliphatic carbocycles. The summed E-state index contributed by atoms with van der Waals surface area (Å²) in [5.74, 6) is 0.246. The Hall–Kier alpha value is -1.11. The van der Waals surface area contributed by atoms with Crippen LogP contribution in [0.5, 0.6) is 0 Å². The summed E-state index contributed by atoms with van der Waals surface area (Å²) in [7, 11) is 0. The quantitative estimate of drug-likeness (QED) is 0.680. The van der Waals surface area contributed by atoms with Crippen LogP contribution in [0.3, 0.4) is 0 Å². The van der Waals surface area contributed by atoms with Crippen LogP contribution in [0.25, 0.3) is 0 Å². The van der Waals surface area contributed by atoms with Gasteiger partial charge in [0.1, 0.15) is 0 Å². The van der Waals surface area contributed by atoms with Gasteiger partial charge in [0.25, 0.3) is 0 Å². The van der Waals surface area contributed by atoms with Crippen molar-refractivity contribution in [2.75, 3.05) is 0 Å². The van der Waals surface area contributed by atoms with Crippen molar-refractivity contribution in [2.45, 2.75) is 53.4 Å². The first-order valence-corrected chi connectivity index (χ1v) is 5.92. The topological polar surface area (TPSA) is 17.1 Å². The Kier molecular flexibility index (Phi) is 3.57. The maximum atomic E-state index is 11.8. The van der Waals surface area contributed by atoms with Gasteiger partial charge in [-0.25, -0.2) is 0 Å². The van der Waals surface area contributed by atoms with Gasteiger partial charge < -0.3 is 0 Å². The third-order valence-corrected chi connectivity index (χ3v) is 3.00. The molecule has 0 aromatic heterocycles. The van der Waals surface area contributed by atoms with Crippen LogP contribution >= 0.6 is 0 Å². The minimum atomic E-state index is 0.142. The third kappa shape index (κ3) is 2.52. The van der Waals surface area contributed by atoms with Gasteiger partial charge in [-0.2, -0.15) is 0 Å². The number of hydrogen-bond donors (Lipinski definition) is 0. The van der Waals surface area contributed by atoms with E-state index in [1.165, 1.54) is 5.56 Å². The van der Waals surface area contributed by atoms with E-state index in [4.69, 9.17) is 0 Å². The lowest BCUT2D eigenvalue weighted by Crippen LogP contribution is -2.13. The van der Waals surface area contributed by atoms with Crippen LogP contribution in [0.1, 0.15) is 61.2 Å². The second-order valence-electron chi connectivity index (χ2n) is 5.51. The largest absolute Gasteiger partial charge is 0.294 e. The zero-order chi connectivity index (χ0) is 12.5. The molecule has 1 rings (SSSR count). The van der Waals surface area contributed by atoms with E-state index in [0.717, 1.165) is 16.7 Å². The van der Waals surface area contributed by atoms with Crippen LogP contribution in [-0.2, 0) is 5.41 Å². The molecule has 0 bridgehead atoms. The summed E-state index contributed by atoms with van der Waals surface area (Å²) in [6.45, 7) is 12.6. The summed E-state index contributed by atoms with van der Waals surface area (Å²) in [6.07, 6.45) is 0.580. The van der Waals surface area contributed by atoms with Crippen LogP contribution in [0.2, 0.25) is 0 Å². The van der Waals surface area contributed by atoms with Gasteiger partial charge in [-0.3, -0.25) is 4.79 Å². The molecule has 0 atom stereocenters. The Morgan fingerprint density at radius 2 is 1.56 bits per heavy atom. The van der Waals surface area contributed by atoms with Crippen LogP contribution in [0, 0.1) is 13.8 Å². The minimum Gasteiger partial charge on any atom is -0.294 e. The molecule has 0 aliphatic heterocycles. The molecule has 0 aliphatic rings. The second-order valence-corrected chi connectivity index (χ2v) is 5.51. The molecule has 0 saturated heterocycles. The van der Waals surface area contributed by atoms with Gasteiger partial charge in [0.2, 0.25) is 0 Å². The Morgan fingerprint density at radius 3 is 1.88 bits per heavy atom. The molecule has 1 heteroatoms. The van der Waals surface area contributed by atoms with Crippen molar-refractivity contribution >= 4 is 5.78 Å². The summed E-state index contributed by atoms with van der Waals surface area (Å²) in [5, 5.41) is 0. The maximum Gasteiger partial charge on any atom is 0.163 e. The number of Topliss-reactive ketones (excluding diaryl/α,β-unsaturated/α-hetero) is 1. The van der Waals surface area contributed by atoms with E-state index in [1.54, 1.807) is 0 Å². The highest BCUT2D eigenvalue weighted by Gasteiger charge is 2.18. The van der Waals surface area contributed by atoms with E-state index < -0.39 is 0 Å². The summed E-state index contributed by atoms with van der Waals surface area (Å²) in [4.78, 5) is 11.8. The van der Waals surface area contributed by atoms with Crippen LogP contribution in [0.15, 0.2) is 12.1 Å². The average molecular weight is 218 g/mol. The van der Waals surface area contributed by atoms with Gasteiger partial charge in [0.05, 0.1) is 0 Å². The van der Waals surface area contributed by atoms with Crippen molar-refractivity contribution in [2.24, 2.45) is 0 Å². The summed E-state index contributed by atoms with van der Waals surface area (Å²) in [5.41, 5.74) is 4.57. The molecule has 0 unspecified atom stereocenters. The molecule has 1 aromatic rings. The molecule has 0 fully saturated rings. The maximum absolute atomic E-state index is 11.8. The first kappa shape index (κ1) is 13.0. The number of benzene rings is 1. The highest BCUT2D eigenvalue weighted by molar-refractivity contribution is 5.98. The lowest BCUT2D eigenvalue weighted by Gasteiger charge is -2.22. The van der Waals surface area contributed by atoms with Gasteiger partial charge in [-0.15, -0.1) is 0 Å². The Labute approximate surface area is 98.9 Å². The number of aryl methyl sites for hydroxylation is 2. The fourth-order valence-corrected chi connectivity index (χ4v) is 2.01. The summed E-state index contributed by atoms with van der Waals surface area (Å²) < 4.78 is 0. The second kappa shape index (κ2) is 4.40. The zero-order valence-electron chi connectivity index (χ0n) is 11.3. The molecule has 0 radical (unpaired) electrons. The molecule has 0 amide bonds. The lowest BCUT2D eigenvalue weighted by molar-refractivity contribution is 0.0987. The van der Waals surface area contributed by atoms with Crippen LogP contribution in [-0.4, -0.2) is 5.78 Å². The monoisotopic (exact) mass is 218 g/mol. The standard InChI is InChI=1S/C15H22O/c1-7-13(16)14-10(2)8-12(9-11(14)3)15(4,5)6/h8-9H,7H2,1-6H3. The lowest BCUT2D eigenvalue weighted by atomic mass is 9.83. The Bertz CT molecular complexity index is 385. The van der Waals surface area contributed by atoms with E-state index in [1.807, 2.05) is 20.8 Å². The fourth-order valence-electron chi connectivity index (χ4n) is 2.01. The predicted octanol–water partition coefficient (Wildman–Crippen LogP) is 4.19. The number of carbonyl (C=O) groups excluding carboxylic acids is 1. The van der Waals surface area contributed by atoms with Crippen molar-refractivity contribution in [1.29, 1.82) is 0 Å². The predicted molar refractivity (Wildman–Crippen MR) is 69.2 cm³/mol. The van der Waals surface area contributed by atoms with Crippen molar-refractivity contribution in [3.63, 3.8) is 0 Å². The van der Waals surface area contributed by atoms with Gasteiger partial charge in [0.15, 0.2) is 5.78 Å². The summed E-state index contributed by atoms with van der Waals surface area (Å²) in [6, 6.07) is 4.30. The van der Waals surface area contributed by atoms with E-state index >= 15 is 0 Å². The molecular weight excluding hydrogens is 196 g/mol. The fraction of sp³-hybridized carbons (Fsp3) is 0.533. The highest BCUT2D eigenvalue weighted by Crippen LogP contribution is 2.27. The molecule has 1 aromatic carbocycles. The molecule has 88 valence electrons. The van der Waals surface area contributed by atoms with E-state index in [2.05, 4.69) is 32.9 Å². The molecule has 1 nitrogen and oxygen atoms in total.